The molecule has 0 radical (unpaired) electrons. The van der Waals surface area contributed by atoms with E-state index in [1.807, 2.05) is 31.5 Å². The first kappa shape index (κ1) is 24.3. The van der Waals surface area contributed by atoms with Crippen LogP contribution >= 0.6 is 0 Å². The van der Waals surface area contributed by atoms with Crippen LogP contribution in [0.15, 0.2) is 54.3 Å². The van der Waals surface area contributed by atoms with Crippen molar-refractivity contribution in [2.45, 2.75) is 52.1 Å². The highest BCUT2D eigenvalue weighted by Crippen LogP contribution is 2.37. The van der Waals surface area contributed by atoms with E-state index in [1.165, 1.54) is 11.1 Å². The Morgan fingerprint density at radius 3 is 2.55 bits per heavy atom. The number of rotatable bonds is 7. The fraction of sp³-hybridized carbons (Fsp3) is 0.321. The Morgan fingerprint density at radius 1 is 1.24 bits per heavy atom. The summed E-state index contributed by atoms with van der Waals surface area (Å²) >= 11 is 0. The summed E-state index contributed by atoms with van der Waals surface area (Å²) in [5.74, 6) is 0.143. The Hall–Kier alpha value is -3.31. The molecule has 33 heavy (non-hydrogen) atoms. The third-order valence-electron chi connectivity index (χ3n) is 5.93. The maximum atomic E-state index is 10.7. The second-order valence-electron chi connectivity index (χ2n) is 9.83. The Labute approximate surface area is 197 Å². The van der Waals surface area contributed by atoms with Crippen molar-refractivity contribution >= 4 is 29.6 Å². The van der Waals surface area contributed by atoms with E-state index < -0.39 is 0 Å². The molecular weight excluding hydrogens is 408 g/mol. The normalized spacial score (nSPS) is 17.9. The lowest BCUT2D eigenvalue weighted by Crippen LogP contribution is -2.53. The number of nitrogens with one attached hydrogen (secondary N) is 3. The highest BCUT2D eigenvalue weighted by atomic mass is 16.3. The molecule has 1 aromatic heterocycles. The number of aliphatic imine (C=N–C) groups is 1. The van der Waals surface area contributed by atoms with Crippen LogP contribution in [0, 0.1) is 6.92 Å². The van der Waals surface area contributed by atoms with E-state index in [2.05, 4.69) is 80.8 Å². The quantitative estimate of drug-likeness (QED) is 0.317. The smallest absolute Gasteiger partial charge is 0.125 e. The number of phenolic OH excluding ortho intramolecular Hbond substituents is 1. The number of H-pyrrole nitrogens is 1. The van der Waals surface area contributed by atoms with E-state index in [0.29, 0.717) is 11.3 Å². The van der Waals surface area contributed by atoms with Crippen molar-refractivity contribution in [3.05, 3.63) is 77.3 Å². The van der Waals surface area contributed by atoms with Gasteiger partial charge in [-0.25, -0.2) is 0 Å². The van der Waals surface area contributed by atoms with Gasteiger partial charge in [0.25, 0.3) is 0 Å². The van der Waals surface area contributed by atoms with Crippen LogP contribution in [0.5, 0.6) is 5.75 Å². The number of aromatic hydroxyl groups is 1. The molecule has 0 unspecified atom stereocenters. The molecule has 5 nitrogen and oxygen atoms in total. The minimum Gasteiger partial charge on any atom is -0.507 e. The number of phenols is 1. The van der Waals surface area contributed by atoms with Crippen LogP contribution in [-0.2, 0) is 0 Å². The predicted octanol–water partition coefficient (Wildman–Crippen LogP) is 5.91. The first-order chi connectivity index (χ1) is 15.5. The maximum absolute atomic E-state index is 10.7. The molecule has 0 spiro atoms. The van der Waals surface area contributed by atoms with Crippen LogP contribution in [0.3, 0.4) is 0 Å². The molecule has 2 heterocycles. The van der Waals surface area contributed by atoms with Gasteiger partial charge in [0.05, 0.1) is 5.70 Å². The van der Waals surface area contributed by atoms with Gasteiger partial charge in [0, 0.05) is 41.8 Å². The lowest BCUT2D eigenvalue weighted by atomic mass is 9.81. The number of hydrogen-bond donors (Lipinski definition) is 4. The maximum Gasteiger partial charge on any atom is 0.125 e. The Morgan fingerprint density at radius 2 is 1.97 bits per heavy atom. The second-order valence-corrected chi connectivity index (χ2v) is 9.83. The Kier molecular flexibility index (Phi) is 6.84. The van der Waals surface area contributed by atoms with Crippen molar-refractivity contribution in [1.29, 1.82) is 0 Å². The molecule has 0 bridgehead atoms. The van der Waals surface area contributed by atoms with Gasteiger partial charge in [0.1, 0.15) is 5.75 Å². The first-order valence-electron chi connectivity index (χ1n) is 11.2. The second kappa shape index (κ2) is 9.28. The standard InChI is InChI=1S/C28H36N4O/c1-9-19(16-29-7)20-10-11-22(26(33)12-20)25(30-8)13-24-18(2)23(17-31-24)21-14-27(3,4)32-28(5,6)15-21/h9-14,16-17,29,31-33H,1,8,15H2,2-7H3/b19-16+,25-13-. The van der Waals surface area contributed by atoms with E-state index >= 15 is 0 Å². The summed E-state index contributed by atoms with van der Waals surface area (Å²) in [7, 11) is 1.83. The van der Waals surface area contributed by atoms with Gasteiger partial charge in [-0.3, -0.25) is 4.99 Å². The Balaban J connectivity index is 1.99. The molecule has 174 valence electrons. The third kappa shape index (κ3) is 5.37. The number of aromatic nitrogens is 1. The summed E-state index contributed by atoms with van der Waals surface area (Å²) in [6.45, 7) is 18.6. The highest BCUT2D eigenvalue weighted by molar-refractivity contribution is 5.87. The van der Waals surface area contributed by atoms with Gasteiger partial charge < -0.3 is 20.7 Å². The highest BCUT2D eigenvalue weighted by Gasteiger charge is 2.33. The minimum absolute atomic E-state index is 0.0146. The van der Waals surface area contributed by atoms with Crippen LogP contribution in [0.4, 0.5) is 0 Å². The van der Waals surface area contributed by atoms with E-state index in [1.54, 1.807) is 12.1 Å². The van der Waals surface area contributed by atoms with Crippen molar-refractivity contribution in [2.24, 2.45) is 4.99 Å². The van der Waals surface area contributed by atoms with Gasteiger partial charge in [0.15, 0.2) is 0 Å². The molecule has 0 atom stereocenters. The summed E-state index contributed by atoms with van der Waals surface area (Å²) in [5, 5.41) is 17.4. The van der Waals surface area contributed by atoms with Gasteiger partial charge in [-0.15, -0.1) is 0 Å². The van der Waals surface area contributed by atoms with E-state index in [9.17, 15) is 5.11 Å². The van der Waals surface area contributed by atoms with Crippen LogP contribution in [-0.4, -0.2) is 34.9 Å². The number of allylic oxidation sites excluding steroid dienone is 2. The van der Waals surface area contributed by atoms with E-state index in [-0.39, 0.29) is 16.8 Å². The Bertz CT molecular complexity index is 1160. The zero-order valence-corrected chi connectivity index (χ0v) is 20.6. The summed E-state index contributed by atoms with van der Waals surface area (Å²) in [6, 6.07) is 5.52. The fourth-order valence-electron chi connectivity index (χ4n) is 4.77. The number of nitrogens with zero attached hydrogens (tertiary/aromatic N) is 1. The topological polar surface area (TPSA) is 72.4 Å². The molecule has 0 saturated carbocycles. The van der Waals surface area contributed by atoms with Crippen molar-refractivity contribution in [2.75, 3.05) is 7.05 Å². The van der Waals surface area contributed by atoms with Gasteiger partial charge in [-0.2, -0.15) is 0 Å². The molecule has 1 aliphatic heterocycles. The third-order valence-corrected chi connectivity index (χ3v) is 5.93. The molecule has 4 N–H and O–H groups in total. The molecule has 0 aliphatic carbocycles. The van der Waals surface area contributed by atoms with Gasteiger partial charge >= 0.3 is 0 Å². The lowest BCUT2D eigenvalue weighted by Gasteiger charge is -2.41. The van der Waals surface area contributed by atoms with Crippen molar-refractivity contribution in [3.8, 4) is 5.75 Å². The first-order valence-corrected chi connectivity index (χ1v) is 11.2. The lowest BCUT2D eigenvalue weighted by molar-refractivity contribution is 0.297. The van der Waals surface area contributed by atoms with E-state index in [4.69, 9.17) is 0 Å². The van der Waals surface area contributed by atoms with Crippen LogP contribution < -0.4 is 10.6 Å². The number of aromatic amines is 1. The monoisotopic (exact) mass is 444 g/mol. The summed E-state index contributed by atoms with van der Waals surface area (Å²) in [6.07, 6.45) is 10.8. The predicted molar refractivity (Wildman–Crippen MR) is 142 cm³/mol. The van der Waals surface area contributed by atoms with Crippen LogP contribution in [0.25, 0.3) is 22.9 Å². The molecule has 2 aromatic rings. The average Bonchev–Trinajstić information content (AvgIpc) is 3.08. The molecule has 3 rings (SSSR count). The van der Waals surface area contributed by atoms with Crippen LogP contribution in [0.1, 0.15) is 62.1 Å². The molecule has 0 saturated heterocycles. The summed E-state index contributed by atoms with van der Waals surface area (Å²) < 4.78 is 0. The van der Waals surface area contributed by atoms with Gasteiger partial charge in [-0.1, -0.05) is 24.8 Å². The van der Waals surface area contributed by atoms with Crippen molar-refractivity contribution < 1.29 is 5.11 Å². The van der Waals surface area contributed by atoms with Crippen LogP contribution in [0.2, 0.25) is 0 Å². The average molecular weight is 445 g/mol. The summed E-state index contributed by atoms with van der Waals surface area (Å²) in [4.78, 5) is 7.61. The van der Waals surface area contributed by atoms with Gasteiger partial charge in [-0.05, 0) is 93.8 Å². The molecule has 1 aromatic carbocycles. The molecule has 5 heteroatoms. The number of benzene rings is 1. The largest absolute Gasteiger partial charge is 0.507 e. The minimum atomic E-state index is -0.0792. The molecule has 0 fully saturated rings. The zero-order valence-electron chi connectivity index (χ0n) is 20.6. The fourth-order valence-corrected chi connectivity index (χ4v) is 4.77. The molecule has 1 aliphatic rings. The van der Waals surface area contributed by atoms with Crippen molar-refractivity contribution in [1.82, 2.24) is 15.6 Å². The number of hydrogen-bond acceptors (Lipinski definition) is 4. The van der Waals surface area contributed by atoms with Crippen molar-refractivity contribution in [3.63, 3.8) is 0 Å². The SMILES string of the molecule is C=C/C(=C\NC)c1ccc(/C(=C/c2[nH]cc(C3=CC(C)(C)NC(C)(C)C3)c2C)N=C)c(O)c1. The summed E-state index contributed by atoms with van der Waals surface area (Å²) in [5.41, 5.74) is 7.56. The van der Waals surface area contributed by atoms with Gasteiger partial charge in [0.2, 0.25) is 0 Å². The van der Waals surface area contributed by atoms with E-state index in [0.717, 1.165) is 28.8 Å². The molecular formula is C28H36N4O. The molecule has 0 amide bonds. The zero-order chi connectivity index (χ0) is 24.4.